The zero-order valence-corrected chi connectivity index (χ0v) is 10.0. The number of aryl methyl sites for hydroxylation is 1. The molecule has 90 valence electrons. The van der Waals surface area contributed by atoms with Gasteiger partial charge in [-0.1, -0.05) is 13.8 Å². The molecule has 1 rings (SSSR count). The Labute approximate surface area is 95.5 Å². The zero-order valence-electron chi connectivity index (χ0n) is 10.0. The summed E-state index contributed by atoms with van der Waals surface area (Å²) < 4.78 is 13.6. The second-order valence-electron chi connectivity index (χ2n) is 4.04. The van der Waals surface area contributed by atoms with Crippen molar-refractivity contribution in [2.75, 3.05) is 11.9 Å². The Hall–Kier alpha value is -1.23. The molecule has 0 fully saturated rings. The Kier molecular flexibility index (Phi) is 4.18. The number of anilines is 1. The second kappa shape index (κ2) is 5.21. The number of nitrogens with zero attached hydrogens (tertiary/aromatic N) is 2. The lowest BCUT2D eigenvalue weighted by Gasteiger charge is -2.27. The molecule has 0 aliphatic heterocycles. The first kappa shape index (κ1) is 12.8. The molecular formula is C11H19FN4. The Morgan fingerprint density at radius 2 is 2.00 bits per heavy atom. The summed E-state index contributed by atoms with van der Waals surface area (Å²) >= 11 is 0. The van der Waals surface area contributed by atoms with E-state index in [4.69, 9.17) is 5.73 Å². The highest BCUT2D eigenvalue weighted by Crippen LogP contribution is 2.15. The molecule has 1 aromatic rings. The van der Waals surface area contributed by atoms with Gasteiger partial charge in [-0.25, -0.2) is 14.4 Å². The quantitative estimate of drug-likeness (QED) is 0.804. The highest BCUT2D eigenvalue weighted by atomic mass is 19.1. The van der Waals surface area contributed by atoms with E-state index in [1.54, 1.807) is 6.92 Å². The maximum absolute atomic E-state index is 13.6. The van der Waals surface area contributed by atoms with Crippen molar-refractivity contribution in [3.63, 3.8) is 0 Å². The van der Waals surface area contributed by atoms with Crippen LogP contribution < -0.4 is 11.1 Å². The van der Waals surface area contributed by atoms with E-state index in [-0.39, 0.29) is 11.4 Å². The zero-order chi connectivity index (χ0) is 12.2. The van der Waals surface area contributed by atoms with Crippen LogP contribution in [0, 0.1) is 12.7 Å². The average Bonchev–Trinajstić information content (AvgIpc) is 2.31. The van der Waals surface area contributed by atoms with Crippen molar-refractivity contribution in [2.45, 2.75) is 39.2 Å². The molecule has 0 atom stereocenters. The van der Waals surface area contributed by atoms with Gasteiger partial charge in [0, 0.05) is 12.1 Å². The molecule has 0 amide bonds. The summed E-state index contributed by atoms with van der Waals surface area (Å²) in [6.45, 7) is 6.16. The smallest absolute Gasteiger partial charge is 0.186 e. The highest BCUT2D eigenvalue weighted by Gasteiger charge is 2.20. The molecule has 3 N–H and O–H groups in total. The van der Waals surface area contributed by atoms with Crippen LogP contribution in [0.1, 0.15) is 32.4 Å². The summed E-state index contributed by atoms with van der Waals surface area (Å²) in [6.07, 6.45) is 3.02. The number of nitrogens with one attached hydrogen (secondary N) is 1. The van der Waals surface area contributed by atoms with Gasteiger partial charge in [-0.2, -0.15) is 0 Å². The summed E-state index contributed by atoms with van der Waals surface area (Å²) in [4.78, 5) is 7.62. The molecule has 0 saturated carbocycles. The maximum Gasteiger partial charge on any atom is 0.186 e. The third-order valence-electron chi connectivity index (χ3n) is 2.98. The van der Waals surface area contributed by atoms with Gasteiger partial charge in [-0.05, 0) is 19.8 Å². The molecular weight excluding hydrogens is 207 g/mol. The Balaban J connectivity index is 2.71. The van der Waals surface area contributed by atoms with Crippen molar-refractivity contribution in [2.24, 2.45) is 5.73 Å². The van der Waals surface area contributed by atoms with Gasteiger partial charge in [-0.15, -0.1) is 0 Å². The van der Waals surface area contributed by atoms with Gasteiger partial charge in [0.05, 0.1) is 5.69 Å². The molecule has 1 aromatic heterocycles. The molecule has 0 radical (unpaired) electrons. The number of hydrogen-bond donors (Lipinski definition) is 2. The van der Waals surface area contributed by atoms with Crippen molar-refractivity contribution in [3.8, 4) is 0 Å². The molecule has 5 heteroatoms. The molecule has 4 nitrogen and oxygen atoms in total. The predicted molar refractivity (Wildman–Crippen MR) is 62.7 cm³/mol. The van der Waals surface area contributed by atoms with Gasteiger partial charge in [0.2, 0.25) is 0 Å². The highest BCUT2D eigenvalue weighted by molar-refractivity contribution is 5.37. The molecule has 0 aliphatic carbocycles. The molecule has 0 spiro atoms. The first-order valence-electron chi connectivity index (χ1n) is 5.52. The van der Waals surface area contributed by atoms with Crippen molar-refractivity contribution in [3.05, 3.63) is 17.8 Å². The Morgan fingerprint density at radius 1 is 1.38 bits per heavy atom. The summed E-state index contributed by atoms with van der Waals surface area (Å²) in [5.74, 6) is -0.179. The van der Waals surface area contributed by atoms with E-state index in [1.165, 1.54) is 6.33 Å². The van der Waals surface area contributed by atoms with Gasteiger partial charge in [0.25, 0.3) is 0 Å². The van der Waals surface area contributed by atoms with E-state index in [0.717, 1.165) is 12.8 Å². The van der Waals surface area contributed by atoms with Crippen molar-refractivity contribution >= 4 is 5.82 Å². The Morgan fingerprint density at radius 3 is 2.56 bits per heavy atom. The second-order valence-corrected chi connectivity index (χ2v) is 4.04. The van der Waals surface area contributed by atoms with Crippen molar-refractivity contribution < 1.29 is 4.39 Å². The molecule has 0 aromatic carbocycles. The van der Waals surface area contributed by atoms with E-state index >= 15 is 0 Å². The first-order chi connectivity index (χ1) is 7.52. The van der Waals surface area contributed by atoms with Crippen LogP contribution in [0.5, 0.6) is 0 Å². The molecule has 1 heterocycles. The SMILES string of the molecule is CCC(N)(CC)CNc1ncnc(C)c1F. The van der Waals surface area contributed by atoms with Crippen LogP contribution in [0.25, 0.3) is 0 Å². The molecule has 0 aliphatic rings. The largest absolute Gasteiger partial charge is 0.366 e. The third kappa shape index (κ3) is 2.88. The summed E-state index contributed by atoms with van der Waals surface area (Å²) in [7, 11) is 0. The normalized spacial score (nSPS) is 11.6. The van der Waals surface area contributed by atoms with Crippen LogP contribution in [-0.2, 0) is 0 Å². The van der Waals surface area contributed by atoms with E-state index in [0.29, 0.717) is 12.2 Å². The van der Waals surface area contributed by atoms with Crippen LogP contribution in [-0.4, -0.2) is 22.1 Å². The molecule has 0 saturated heterocycles. The maximum atomic E-state index is 13.6. The van der Waals surface area contributed by atoms with Gasteiger partial charge >= 0.3 is 0 Å². The third-order valence-corrected chi connectivity index (χ3v) is 2.98. The topological polar surface area (TPSA) is 63.8 Å². The number of halogens is 1. The first-order valence-corrected chi connectivity index (χ1v) is 5.52. The minimum Gasteiger partial charge on any atom is -0.366 e. The van der Waals surface area contributed by atoms with Gasteiger partial charge in [0.15, 0.2) is 11.6 Å². The fourth-order valence-corrected chi connectivity index (χ4v) is 1.34. The molecule has 16 heavy (non-hydrogen) atoms. The van der Waals surface area contributed by atoms with E-state index < -0.39 is 5.82 Å². The van der Waals surface area contributed by atoms with Crippen LogP contribution in [0.3, 0.4) is 0 Å². The lowest BCUT2D eigenvalue weighted by atomic mass is 9.94. The van der Waals surface area contributed by atoms with Crippen LogP contribution in [0.2, 0.25) is 0 Å². The van der Waals surface area contributed by atoms with Crippen molar-refractivity contribution in [1.82, 2.24) is 9.97 Å². The van der Waals surface area contributed by atoms with Gasteiger partial charge in [0.1, 0.15) is 6.33 Å². The number of aromatic nitrogens is 2. The minimum absolute atomic E-state index is 0.226. The fourth-order valence-electron chi connectivity index (χ4n) is 1.34. The number of hydrogen-bond acceptors (Lipinski definition) is 4. The van der Waals surface area contributed by atoms with Gasteiger partial charge < -0.3 is 11.1 Å². The number of nitrogens with two attached hydrogens (primary N) is 1. The van der Waals surface area contributed by atoms with E-state index in [1.807, 2.05) is 13.8 Å². The van der Waals surface area contributed by atoms with Crippen LogP contribution >= 0.6 is 0 Å². The monoisotopic (exact) mass is 226 g/mol. The van der Waals surface area contributed by atoms with Crippen molar-refractivity contribution in [1.29, 1.82) is 0 Å². The molecule has 0 unspecified atom stereocenters. The fraction of sp³-hybridized carbons (Fsp3) is 0.636. The van der Waals surface area contributed by atoms with Crippen LogP contribution in [0.15, 0.2) is 6.33 Å². The standard InChI is InChI=1S/C11H19FN4/c1-4-11(13,5-2)6-14-10-9(12)8(3)15-7-16-10/h7H,4-6,13H2,1-3H3,(H,14,15,16). The summed E-state index contributed by atoms with van der Waals surface area (Å²) in [5, 5.41) is 2.95. The number of rotatable bonds is 5. The lowest BCUT2D eigenvalue weighted by molar-refractivity contribution is 0.416. The predicted octanol–water partition coefficient (Wildman–Crippen LogP) is 1.85. The lowest BCUT2D eigenvalue weighted by Crippen LogP contribution is -2.45. The Bertz CT molecular complexity index is 350. The minimum atomic E-state index is -0.406. The average molecular weight is 226 g/mol. The van der Waals surface area contributed by atoms with E-state index in [9.17, 15) is 4.39 Å². The van der Waals surface area contributed by atoms with Crippen LogP contribution in [0.4, 0.5) is 10.2 Å². The van der Waals surface area contributed by atoms with E-state index in [2.05, 4.69) is 15.3 Å². The summed E-state index contributed by atoms with van der Waals surface area (Å²) in [6, 6.07) is 0. The molecule has 0 bridgehead atoms. The summed E-state index contributed by atoms with van der Waals surface area (Å²) in [5.41, 5.74) is 6.13. The van der Waals surface area contributed by atoms with Gasteiger partial charge in [-0.3, -0.25) is 0 Å².